The van der Waals surface area contributed by atoms with Gasteiger partial charge >= 0.3 is 0 Å². The number of ether oxygens (including phenoxy) is 1. The molecule has 156 valence electrons. The van der Waals surface area contributed by atoms with E-state index in [2.05, 4.69) is 41.9 Å². The maximum atomic E-state index is 5.55. The van der Waals surface area contributed by atoms with E-state index in [0.717, 1.165) is 42.6 Å². The Morgan fingerprint density at radius 1 is 1.23 bits per heavy atom. The number of hydrogen-bond donors (Lipinski definition) is 0. The maximum absolute atomic E-state index is 5.55. The van der Waals surface area contributed by atoms with Gasteiger partial charge in [-0.25, -0.2) is 4.98 Å². The van der Waals surface area contributed by atoms with Gasteiger partial charge < -0.3 is 14.2 Å². The van der Waals surface area contributed by atoms with Crippen LogP contribution >= 0.6 is 11.3 Å². The Labute approximate surface area is 177 Å². The summed E-state index contributed by atoms with van der Waals surface area (Å²) >= 11 is 1.61. The molecule has 30 heavy (non-hydrogen) atoms. The first-order valence-electron chi connectivity index (χ1n) is 9.78. The van der Waals surface area contributed by atoms with Crippen LogP contribution in [-0.2, 0) is 11.3 Å². The van der Waals surface area contributed by atoms with Crippen LogP contribution in [0.4, 0.5) is 5.82 Å². The first-order chi connectivity index (χ1) is 14.7. The highest BCUT2D eigenvalue weighted by Gasteiger charge is 2.27. The smallest absolute Gasteiger partial charge is 0.254 e. The van der Waals surface area contributed by atoms with Gasteiger partial charge in [0, 0.05) is 39.4 Å². The molecule has 1 fully saturated rings. The van der Waals surface area contributed by atoms with E-state index in [-0.39, 0.29) is 6.04 Å². The number of nitrogens with zero attached hydrogens (tertiary/aromatic N) is 8. The SMILES string of the molecule is COCc1cc(N2CCN(C(C)c3nc(-c4cccs4)no3)CC2)n2ncnc2n1. The lowest BCUT2D eigenvalue weighted by Gasteiger charge is -2.37. The molecule has 0 spiro atoms. The average molecular weight is 427 g/mol. The van der Waals surface area contributed by atoms with E-state index in [1.807, 2.05) is 23.6 Å². The van der Waals surface area contributed by atoms with Gasteiger partial charge in [0.2, 0.25) is 11.7 Å². The lowest BCUT2D eigenvalue weighted by molar-refractivity contribution is 0.163. The second-order valence-electron chi connectivity index (χ2n) is 7.14. The number of rotatable bonds is 6. The summed E-state index contributed by atoms with van der Waals surface area (Å²) in [5, 5.41) is 10.5. The molecule has 0 aromatic carbocycles. The summed E-state index contributed by atoms with van der Waals surface area (Å²) in [4.78, 5) is 19.0. The molecule has 0 N–H and O–H groups in total. The van der Waals surface area contributed by atoms with Crippen LogP contribution in [0.3, 0.4) is 0 Å². The molecule has 0 aliphatic carbocycles. The summed E-state index contributed by atoms with van der Waals surface area (Å²) < 4.78 is 12.6. The minimum absolute atomic E-state index is 0.0567. The second-order valence-corrected chi connectivity index (χ2v) is 8.09. The highest BCUT2D eigenvalue weighted by Crippen LogP contribution is 2.27. The molecule has 5 rings (SSSR count). The Morgan fingerprint density at radius 3 is 2.87 bits per heavy atom. The standard InChI is InChI=1S/C19H22N8O2S/c1-13(18-23-17(24-29-18)15-4-3-9-30-15)25-5-7-26(8-6-25)16-10-14(11-28-2)22-19-20-12-21-27(16)19/h3-4,9-10,12-13H,5-8,11H2,1-2H3. The van der Waals surface area contributed by atoms with Crippen LogP contribution in [0, 0.1) is 0 Å². The highest BCUT2D eigenvalue weighted by molar-refractivity contribution is 7.13. The number of thiophene rings is 1. The number of fused-ring (bicyclic) bond motifs is 1. The van der Waals surface area contributed by atoms with Crippen LogP contribution in [0.5, 0.6) is 0 Å². The minimum atomic E-state index is 0.0567. The number of methoxy groups -OCH3 is 1. The van der Waals surface area contributed by atoms with Crippen LogP contribution in [0.1, 0.15) is 24.6 Å². The van der Waals surface area contributed by atoms with Crippen LogP contribution in [0.2, 0.25) is 0 Å². The molecular weight excluding hydrogens is 404 g/mol. The molecule has 1 unspecified atom stereocenters. The predicted octanol–water partition coefficient (Wildman–Crippen LogP) is 2.27. The molecule has 4 aromatic rings. The van der Waals surface area contributed by atoms with Crippen molar-refractivity contribution in [2.24, 2.45) is 0 Å². The van der Waals surface area contributed by atoms with Gasteiger partial charge in [0.25, 0.3) is 5.78 Å². The number of anilines is 1. The summed E-state index contributed by atoms with van der Waals surface area (Å²) in [5.41, 5.74) is 0.843. The lowest BCUT2D eigenvalue weighted by atomic mass is 10.2. The van der Waals surface area contributed by atoms with E-state index in [9.17, 15) is 0 Å². The molecule has 0 saturated carbocycles. The largest absolute Gasteiger partial charge is 0.378 e. The molecule has 1 atom stereocenters. The summed E-state index contributed by atoms with van der Waals surface area (Å²) in [5.74, 6) is 2.87. The van der Waals surface area contributed by atoms with Gasteiger partial charge in [-0.1, -0.05) is 11.2 Å². The molecule has 1 aliphatic rings. The van der Waals surface area contributed by atoms with Gasteiger partial charge in [0.05, 0.1) is 23.2 Å². The van der Waals surface area contributed by atoms with Gasteiger partial charge in [-0.05, 0) is 18.4 Å². The Balaban J connectivity index is 1.30. The van der Waals surface area contributed by atoms with Crippen molar-refractivity contribution in [3.63, 3.8) is 0 Å². The van der Waals surface area contributed by atoms with Gasteiger partial charge in [0.1, 0.15) is 12.1 Å². The second kappa shape index (κ2) is 8.09. The van der Waals surface area contributed by atoms with Crippen molar-refractivity contribution in [3.8, 4) is 10.7 Å². The molecule has 1 saturated heterocycles. The van der Waals surface area contributed by atoms with E-state index in [1.165, 1.54) is 6.33 Å². The zero-order valence-electron chi connectivity index (χ0n) is 16.8. The molecule has 0 bridgehead atoms. The van der Waals surface area contributed by atoms with Crippen molar-refractivity contribution in [3.05, 3.63) is 41.5 Å². The van der Waals surface area contributed by atoms with E-state index in [1.54, 1.807) is 23.0 Å². The first kappa shape index (κ1) is 19.1. The number of aromatic nitrogens is 6. The Morgan fingerprint density at radius 2 is 2.10 bits per heavy atom. The van der Waals surface area contributed by atoms with Gasteiger partial charge in [-0.2, -0.15) is 19.6 Å². The molecule has 10 nitrogen and oxygen atoms in total. The molecule has 0 radical (unpaired) electrons. The molecular formula is C19H22N8O2S. The molecule has 5 heterocycles. The minimum Gasteiger partial charge on any atom is -0.378 e. The van der Waals surface area contributed by atoms with Crippen molar-refractivity contribution >= 4 is 22.9 Å². The van der Waals surface area contributed by atoms with E-state index in [0.29, 0.717) is 24.1 Å². The topological polar surface area (TPSA) is 97.7 Å². The van der Waals surface area contributed by atoms with Gasteiger partial charge in [-0.3, -0.25) is 4.90 Å². The normalized spacial score (nSPS) is 16.4. The van der Waals surface area contributed by atoms with Crippen LogP contribution in [-0.4, -0.2) is 67.9 Å². The van der Waals surface area contributed by atoms with E-state index >= 15 is 0 Å². The quantitative estimate of drug-likeness (QED) is 0.460. The Bertz CT molecular complexity index is 1120. The Kier molecular flexibility index (Phi) is 5.15. The maximum Gasteiger partial charge on any atom is 0.254 e. The van der Waals surface area contributed by atoms with Crippen molar-refractivity contribution < 1.29 is 9.26 Å². The molecule has 0 amide bonds. The Hall–Kier alpha value is -2.89. The third kappa shape index (κ3) is 3.55. The lowest BCUT2D eigenvalue weighted by Crippen LogP contribution is -2.47. The van der Waals surface area contributed by atoms with Gasteiger partial charge in [-0.15, -0.1) is 11.3 Å². The third-order valence-electron chi connectivity index (χ3n) is 5.30. The predicted molar refractivity (Wildman–Crippen MR) is 111 cm³/mol. The van der Waals surface area contributed by atoms with Crippen LogP contribution in [0.25, 0.3) is 16.5 Å². The van der Waals surface area contributed by atoms with Crippen LogP contribution < -0.4 is 4.90 Å². The van der Waals surface area contributed by atoms with Gasteiger partial charge in [0.15, 0.2) is 0 Å². The van der Waals surface area contributed by atoms with Crippen molar-refractivity contribution in [1.29, 1.82) is 0 Å². The van der Waals surface area contributed by atoms with Crippen molar-refractivity contribution in [2.45, 2.75) is 19.6 Å². The van der Waals surface area contributed by atoms with E-state index in [4.69, 9.17) is 9.26 Å². The van der Waals surface area contributed by atoms with Crippen LogP contribution in [0.15, 0.2) is 34.4 Å². The highest BCUT2D eigenvalue weighted by atomic mass is 32.1. The zero-order valence-corrected chi connectivity index (χ0v) is 17.6. The average Bonchev–Trinajstić information content (AvgIpc) is 3.54. The fraction of sp³-hybridized carbons (Fsp3) is 0.421. The number of piperazine rings is 1. The summed E-state index contributed by atoms with van der Waals surface area (Å²) in [6, 6.07) is 6.07. The number of hydrogen-bond acceptors (Lipinski definition) is 10. The van der Waals surface area contributed by atoms with E-state index < -0.39 is 0 Å². The first-order valence-corrected chi connectivity index (χ1v) is 10.7. The fourth-order valence-corrected chi connectivity index (χ4v) is 4.35. The third-order valence-corrected chi connectivity index (χ3v) is 6.17. The zero-order chi connectivity index (χ0) is 20.5. The molecule has 1 aliphatic heterocycles. The van der Waals surface area contributed by atoms with Crippen molar-refractivity contribution in [1.82, 2.24) is 34.6 Å². The van der Waals surface area contributed by atoms with Crippen molar-refractivity contribution in [2.75, 3.05) is 38.2 Å². The molecule has 4 aromatic heterocycles. The summed E-state index contributed by atoms with van der Waals surface area (Å²) in [7, 11) is 1.66. The summed E-state index contributed by atoms with van der Waals surface area (Å²) in [6.07, 6.45) is 1.53. The molecule has 11 heteroatoms. The summed E-state index contributed by atoms with van der Waals surface area (Å²) in [6.45, 7) is 5.99. The fourth-order valence-electron chi connectivity index (χ4n) is 3.70. The monoisotopic (exact) mass is 426 g/mol.